The number of nitrogens with two attached hydrogens (primary N) is 1. The van der Waals surface area contributed by atoms with Gasteiger partial charge in [-0.15, -0.1) is 0 Å². The molecule has 1 heterocycles. The van der Waals surface area contributed by atoms with Crippen molar-refractivity contribution < 1.29 is 0 Å². The van der Waals surface area contributed by atoms with E-state index in [1.807, 2.05) is 18.2 Å². The van der Waals surface area contributed by atoms with Gasteiger partial charge in [-0.2, -0.15) is 0 Å². The maximum Gasteiger partial charge on any atom is 0.129 e. The number of thiocarbonyl (C=S) groups is 1. The Hall–Kier alpha value is -1.20. The van der Waals surface area contributed by atoms with Crippen LogP contribution in [0.15, 0.2) is 18.2 Å². The molecule has 100 valence electrons. The maximum atomic E-state index is 5.62. The number of aromatic nitrogens is 1. The topological polar surface area (TPSA) is 45.4 Å². The molecule has 0 saturated carbocycles. The van der Waals surface area contributed by atoms with Crippen LogP contribution >= 0.6 is 12.2 Å². The van der Waals surface area contributed by atoms with Crippen molar-refractivity contribution in [2.45, 2.75) is 19.9 Å². The largest absolute Gasteiger partial charge is 0.388 e. The number of anilines is 1. The van der Waals surface area contributed by atoms with E-state index in [9.17, 15) is 0 Å². The summed E-state index contributed by atoms with van der Waals surface area (Å²) in [6.45, 7) is 6.20. The molecule has 2 N–H and O–H groups in total. The van der Waals surface area contributed by atoms with E-state index < -0.39 is 0 Å². The molecular formula is C13H22N4S. The number of hydrogen-bond donors (Lipinski definition) is 1. The first-order chi connectivity index (χ1) is 8.45. The van der Waals surface area contributed by atoms with E-state index in [4.69, 9.17) is 18.0 Å². The summed E-state index contributed by atoms with van der Waals surface area (Å²) in [5.74, 6) is 0.928. The van der Waals surface area contributed by atoms with E-state index in [1.54, 1.807) is 0 Å². The van der Waals surface area contributed by atoms with Crippen molar-refractivity contribution in [2.75, 3.05) is 32.1 Å². The predicted octanol–water partition coefficient (Wildman–Crippen LogP) is 1.49. The van der Waals surface area contributed by atoms with Crippen LogP contribution in [0, 0.1) is 0 Å². The number of hydrogen-bond acceptors (Lipinski definition) is 4. The quantitative estimate of drug-likeness (QED) is 0.791. The zero-order valence-corrected chi connectivity index (χ0v) is 12.4. The Morgan fingerprint density at radius 3 is 2.61 bits per heavy atom. The highest BCUT2D eigenvalue weighted by Gasteiger charge is 2.15. The van der Waals surface area contributed by atoms with Crippen LogP contribution in [0.2, 0.25) is 0 Å². The first-order valence-corrected chi connectivity index (χ1v) is 6.54. The van der Waals surface area contributed by atoms with E-state index in [0.29, 0.717) is 16.7 Å². The van der Waals surface area contributed by atoms with Gasteiger partial charge in [-0.3, -0.25) is 0 Å². The molecule has 0 amide bonds. The molecule has 18 heavy (non-hydrogen) atoms. The molecule has 1 aromatic heterocycles. The van der Waals surface area contributed by atoms with Crippen LogP contribution in [0.5, 0.6) is 0 Å². The highest BCUT2D eigenvalue weighted by atomic mass is 32.1. The minimum Gasteiger partial charge on any atom is -0.388 e. The summed E-state index contributed by atoms with van der Waals surface area (Å²) in [5.41, 5.74) is 6.30. The summed E-state index contributed by atoms with van der Waals surface area (Å²) < 4.78 is 0. The van der Waals surface area contributed by atoms with Gasteiger partial charge in [-0.05, 0) is 40.1 Å². The van der Waals surface area contributed by atoms with Crippen molar-refractivity contribution in [1.29, 1.82) is 0 Å². The highest BCUT2D eigenvalue weighted by Crippen LogP contribution is 2.15. The average Bonchev–Trinajstić information content (AvgIpc) is 2.29. The lowest BCUT2D eigenvalue weighted by Crippen LogP contribution is -2.40. The Bertz CT molecular complexity index is 406. The molecule has 0 bridgehead atoms. The number of rotatable bonds is 6. The molecule has 1 rings (SSSR count). The predicted molar refractivity (Wildman–Crippen MR) is 81.2 cm³/mol. The van der Waals surface area contributed by atoms with Crippen LogP contribution in [-0.2, 0) is 0 Å². The number of nitrogens with zero attached hydrogens (tertiary/aromatic N) is 3. The Morgan fingerprint density at radius 1 is 1.44 bits per heavy atom. The van der Waals surface area contributed by atoms with Crippen molar-refractivity contribution in [3.05, 3.63) is 23.9 Å². The standard InChI is InChI=1S/C13H22N4S/c1-5-17(10(2)9-16(3)4)12-8-6-7-11(15-12)13(14)18/h6-8,10H,5,9H2,1-4H3,(H2,14,18). The van der Waals surface area contributed by atoms with Gasteiger partial charge in [0.2, 0.25) is 0 Å². The van der Waals surface area contributed by atoms with Gasteiger partial charge < -0.3 is 15.5 Å². The lowest BCUT2D eigenvalue weighted by molar-refractivity contribution is 0.372. The summed E-state index contributed by atoms with van der Waals surface area (Å²) in [6, 6.07) is 6.18. The molecule has 1 unspecified atom stereocenters. The van der Waals surface area contributed by atoms with E-state index in [0.717, 1.165) is 18.9 Å². The SMILES string of the molecule is CCN(c1cccc(C(N)=S)n1)C(C)CN(C)C. The van der Waals surface area contributed by atoms with Crippen LogP contribution in [-0.4, -0.2) is 48.1 Å². The zero-order chi connectivity index (χ0) is 13.7. The molecule has 0 aliphatic carbocycles. The van der Waals surface area contributed by atoms with Crippen LogP contribution in [0.25, 0.3) is 0 Å². The summed E-state index contributed by atoms with van der Waals surface area (Å²) in [5, 5.41) is 0. The molecule has 0 aromatic carbocycles. The van der Waals surface area contributed by atoms with Gasteiger partial charge in [0.15, 0.2) is 0 Å². The highest BCUT2D eigenvalue weighted by molar-refractivity contribution is 7.80. The summed E-state index contributed by atoms with van der Waals surface area (Å²) in [7, 11) is 4.15. The van der Waals surface area contributed by atoms with Crippen molar-refractivity contribution in [1.82, 2.24) is 9.88 Å². The van der Waals surface area contributed by atoms with Gasteiger partial charge in [-0.25, -0.2) is 4.98 Å². The minimum atomic E-state index is 0.341. The van der Waals surface area contributed by atoms with Crippen molar-refractivity contribution >= 4 is 23.0 Å². The van der Waals surface area contributed by atoms with Crippen LogP contribution in [0.4, 0.5) is 5.82 Å². The summed E-state index contributed by atoms with van der Waals surface area (Å²) in [6.07, 6.45) is 0. The molecule has 0 fully saturated rings. The second-order valence-electron chi connectivity index (χ2n) is 4.64. The van der Waals surface area contributed by atoms with Crippen LogP contribution < -0.4 is 10.6 Å². The minimum absolute atomic E-state index is 0.341. The third-order valence-corrected chi connectivity index (χ3v) is 2.99. The molecule has 5 heteroatoms. The fourth-order valence-corrected chi connectivity index (χ4v) is 2.16. The Morgan fingerprint density at radius 2 is 2.11 bits per heavy atom. The van der Waals surface area contributed by atoms with Crippen LogP contribution in [0.3, 0.4) is 0 Å². The van der Waals surface area contributed by atoms with Crippen molar-refractivity contribution in [2.24, 2.45) is 5.73 Å². The monoisotopic (exact) mass is 266 g/mol. The van der Waals surface area contributed by atoms with Gasteiger partial charge >= 0.3 is 0 Å². The second kappa shape index (κ2) is 6.66. The molecule has 0 aliphatic rings. The van der Waals surface area contributed by atoms with Crippen molar-refractivity contribution in [3.8, 4) is 0 Å². The number of likely N-dealkylation sites (N-methyl/N-ethyl adjacent to an activating group) is 2. The fourth-order valence-electron chi connectivity index (χ4n) is 2.05. The third kappa shape index (κ3) is 3.92. The van der Waals surface area contributed by atoms with E-state index in [2.05, 4.69) is 42.7 Å². The van der Waals surface area contributed by atoms with Gasteiger partial charge in [0.25, 0.3) is 0 Å². The Kier molecular flexibility index (Phi) is 5.50. The molecule has 0 saturated heterocycles. The van der Waals surface area contributed by atoms with E-state index in [-0.39, 0.29) is 0 Å². The average molecular weight is 266 g/mol. The van der Waals surface area contributed by atoms with Crippen molar-refractivity contribution in [3.63, 3.8) is 0 Å². The fraction of sp³-hybridized carbons (Fsp3) is 0.538. The molecule has 0 radical (unpaired) electrons. The molecule has 0 spiro atoms. The first kappa shape index (κ1) is 14.9. The molecule has 1 atom stereocenters. The summed E-state index contributed by atoms with van der Waals surface area (Å²) in [4.78, 5) is 9.28. The number of pyridine rings is 1. The smallest absolute Gasteiger partial charge is 0.129 e. The van der Waals surface area contributed by atoms with Gasteiger partial charge in [-0.1, -0.05) is 18.3 Å². The van der Waals surface area contributed by atoms with E-state index >= 15 is 0 Å². The molecule has 1 aromatic rings. The van der Waals surface area contributed by atoms with Gasteiger partial charge in [0.1, 0.15) is 10.8 Å². The normalized spacial score (nSPS) is 12.5. The Labute approximate surface area is 115 Å². The second-order valence-corrected chi connectivity index (χ2v) is 5.08. The van der Waals surface area contributed by atoms with Gasteiger partial charge in [0.05, 0.1) is 5.69 Å². The summed E-state index contributed by atoms with van der Waals surface area (Å²) >= 11 is 4.97. The van der Waals surface area contributed by atoms with E-state index in [1.165, 1.54) is 0 Å². The molecule has 0 aliphatic heterocycles. The Balaban J connectivity index is 2.94. The lowest BCUT2D eigenvalue weighted by Gasteiger charge is -2.31. The third-order valence-electron chi connectivity index (χ3n) is 2.78. The molecular weight excluding hydrogens is 244 g/mol. The first-order valence-electron chi connectivity index (χ1n) is 6.14. The molecule has 4 nitrogen and oxygen atoms in total. The zero-order valence-electron chi connectivity index (χ0n) is 11.6. The van der Waals surface area contributed by atoms with Gasteiger partial charge in [0, 0.05) is 19.1 Å². The lowest BCUT2D eigenvalue weighted by atomic mass is 10.2. The maximum absolute atomic E-state index is 5.62. The van der Waals surface area contributed by atoms with Crippen LogP contribution in [0.1, 0.15) is 19.5 Å².